The molecular formula is C13H10FN3O2. The molecule has 2 aromatic heterocycles. The summed E-state index contributed by atoms with van der Waals surface area (Å²) in [5, 5.41) is 0.658. The number of rotatable bonds is 2. The minimum absolute atomic E-state index is 0.0842. The number of halogens is 1. The largest absolute Gasteiger partial charge is 0.481 e. The van der Waals surface area contributed by atoms with E-state index in [2.05, 4.69) is 9.97 Å². The zero-order chi connectivity index (χ0) is 13.4. The van der Waals surface area contributed by atoms with Crippen LogP contribution in [0.3, 0.4) is 0 Å². The van der Waals surface area contributed by atoms with E-state index in [4.69, 9.17) is 14.9 Å². The molecular weight excluding hydrogens is 249 g/mol. The van der Waals surface area contributed by atoms with E-state index >= 15 is 0 Å². The van der Waals surface area contributed by atoms with Crippen LogP contribution >= 0.6 is 0 Å². The number of aromatic nitrogens is 2. The van der Waals surface area contributed by atoms with Crippen molar-refractivity contribution in [3.63, 3.8) is 0 Å². The summed E-state index contributed by atoms with van der Waals surface area (Å²) in [6, 6.07) is 7.59. The molecule has 0 bridgehead atoms. The molecule has 0 aliphatic heterocycles. The first-order valence-corrected chi connectivity index (χ1v) is 5.54. The molecule has 0 spiro atoms. The average molecular weight is 259 g/mol. The topological polar surface area (TPSA) is 74.2 Å². The molecule has 19 heavy (non-hydrogen) atoms. The lowest BCUT2D eigenvalue weighted by Gasteiger charge is -2.01. The number of hydrogen-bond donors (Lipinski definition) is 1. The number of fused-ring (bicyclic) bond motifs is 1. The minimum atomic E-state index is -0.320. The van der Waals surface area contributed by atoms with E-state index in [1.54, 1.807) is 18.2 Å². The van der Waals surface area contributed by atoms with E-state index in [-0.39, 0.29) is 11.8 Å². The van der Waals surface area contributed by atoms with Gasteiger partial charge in [0.05, 0.1) is 7.11 Å². The maximum atomic E-state index is 13.1. The molecule has 0 amide bonds. The summed E-state index contributed by atoms with van der Waals surface area (Å²) in [4.78, 5) is 7.96. The van der Waals surface area contributed by atoms with Crippen molar-refractivity contribution in [3.05, 3.63) is 36.1 Å². The van der Waals surface area contributed by atoms with Gasteiger partial charge in [0, 0.05) is 11.5 Å². The zero-order valence-corrected chi connectivity index (χ0v) is 10.1. The van der Waals surface area contributed by atoms with Gasteiger partial charge in [0.15, 0.2) is 5.76 Å². The van der Waals surface area contributed by atoms with Crippen molar-refractivity contribution in [2.24, 2.45) is 0 Å². The quantitative estimate of drug-likeness (QED) is 0.765. The highest BCUT2D eigenvalue weighted by Gasteiger charge is 2.11. The zero-order valence-electron chi connectivity index (χ0n) is 10.1. The SMILES string of the molecule is COc1cc(-c2cc3cc(F)ccc3o2)nc(N)n1. The number of methoxy groups -OCH3 is 1. The van der Waals surface area contributed by atoms with Crippen LogP contribution in [0.2, 0.25) is 0 Å². The molecule has 0 fully saturated rings. The number of benzene rings is 1. The van der Waals surface area contributed by atoms with E-state index in [0.717, 1.165) is 0 Å². The van der Waals surface area contributed by atoms with Gasteiger partial charge in [-0.1, -0.05) is 0 Å². The Kier molecular flexibility index (Phi) is 2.56. The van der Waals surface area contributed by atoms with Gasteiger partial charge < -0.3 is 14.9 Å². The molecule has 3 aromatic rings. The Labute approximate surface area is 107 Å². The second-order valence-electron chi connectivity index (χ2n) is 3.95. The molecule has 0 saturated carbocycles. The van der Waals surface area contributed by atoms with E-state index in [1.807, 2.05) is 0 Å². The average Bonchev–Trinajstić information content (AvgIpc) is 2.80. The molecule has 96 valence electrons. The van der Waals surface area contributed by atoms with Crippen LogP contribution in [0.1, 0.15) is 0 Å². The first kappa shape index (κ1) is 11.5. The van der Waals surface area contributed by atoms with Crippen molar-refractivity contribution in [2.75, 3.05) is 12.8 Å². The van der Waals surface area contributed by atoms with Gasteiger partial charge in [-0.25, -0.2) is 9.37 Å². The summed E-state index contributed by atoms with van der Waals surface area (Å²) < 4.78 is 23.7. The third kappa shape index (κ3) is 2.08. The van der Waals surface area contributed by atoms with Crippen LogP contribution in [0.5, 0.6) is 5.88 Å². The van der Waals surface area contributed by atoms with Crippen LogP contribution in [0, 0.1) is 5.82 Å². The van der Waals surface area contributed by atoms with Gasteiger partial charge in [-0.3, -0.25) is 0 Å². The Morgan fingerprint density at radius 2 is 2.05 bits per heavy atom. The Hall–Kier alpha value is -2.63. The van der Waals surface area contributed by atoms with Crippen LogP contribution in [-0.2, 0) is 0 Å². The fourth-order valence-corrected chi connectivity index (χ4v) is 1.81. The summed E-state index contributed by atoms with van der Waals surface area (Å²) in [5.41, 5.74) is 6.65. The molecule has 6 heteroatoms. The number of anilines is 1. The Bertz CT molecular complexity index is 755. The van der Waals surface area contributed by atoms with Crippen molar-refractivity contribution in [1.82, 2.24) is 9.97 Å². The van der Waals surface area contributed by atoms with Crippen molar-refractivity contribution >= 4 is 16.9 Å². The fourth-order valence-electron chi connectivity index (χ4n) is 1.81. The maximum absolute atomic E-state index is 13.1. The molecule has 0 aliphatic rings. The summed E-state index contributed by atoms with van der Waals surface area (Å²) in [6.45, 7) is 0. The highest BCUT2D eigenvalue weighted by Crippen LogP contribution is 2.28. The molecule has 2 N–H and O–H groups in total. The minimum Gasteiger partial charge on any atom is -0.481 e. The van der Waals surface area contributed by atoms with E-state index in [1.165, 1.54) is 19.2 Å². The standard InChI is InChI=1S/C13H10FN3O2/c1-18-12-6-9(16-13(15)17-12)11-5-7-4-8(14)2-3-10(7)19-11/h2-6H,1H3,(H2,15,16,17). The van der Waals surface area contributed by atoms with Crippen LogP contribution in [-0.4, -0.2) is 17.1 Å². The highest BCUT2D eigenvalue weighted by molar-refractivity contribution is 5.82. The molecule has 1 aromatic carbocycles. The molecule has 0 aliphatic carbocycles. The Balaban J connectivity index is 2.15. The molecule has 2 heterocycles. The number of nitrogens with zero attached hydrogens (tertiary/aromatic N) is 2. The van der Waals surface area contributed by atoms with Gasteiger partial charge in [0.2, 0.25) is 11.8 Å². The third-order valence-corrected chi connectivity index (χ3v) is 2.66. The molecule has 0 radical (unpaired) electrons. The monoisotopic (exact) mass is 259 g/mol. The van der Waals surface area contributed by atoms with E-state index in [0.29, 0.717) is 28.3 Å². The molecule has 0 saturated heterocycles. The normalized spacial score (nSPS) is 10.8. The number of hydrogen-bond acceptors (Lipinski definition) is 5. The Morgan fingerprint density at radius 3 is 2.84 bits per heavy atom. The van der Waals surface area contributed by atoms with Crippen molar-refractivity contribution in [1.29, 1.82) is 0 Å². The van der Waals surface area contributed by atoms with Crippen molar-refractivity contribution < 1.29 is 13.5 Å². The van der Waals surface area contributed by atoms with Gasteiger partial charge in [0.1, 0.15) is 17.1 Å². The van der Waals surface area contributed by atoms with Crippen molar-refractivity contribution in [2.45, 2.75) is 0 Å². The number of nitrogens with two attached hydrogens (primary N) is 1. The predicted molar refractivity (Wildman–Crippen MR) is 68.2 cm³/mol. The number of ether oxygens (including phenoxy) is 1. The lowest BCUT2D eigenvalue weighted by atomic mass is 10.2. The molecule has 0 atom stereocenters. The third-order valence-electron chi connectivity index (χ3n) is 2.66. The van der Waals surface area contributed by atoms with Gasteiger partial charge in [-0.15, -0.1) is 0 Å². The molecule has 0 unspecified atom stereocenters. The predicted octanol–water partition coefficient (Wildman–Crippen LogP) is 2.62. The van der Waals surface area contributed by atoms with Gasteiger partial charge in [-0.2, -0.15) is 4.98 Å². The highest BCUT2D eigenvalue weighted by atomic mass is 19.1. The van der Waals surface area contributed by atoms with Crippen LogP contribution < -0.4 is 10.5 Å². The van der Waals surface area contributed by atoms with Gasteiger partial charge >= 0.3 is 0 Å². The van der Waals surface area contributed by atoms with E-state index in [9.17, 15) is 4.39 Å². The van der Waals surface area contributed by atoms with Crippen molar-refractivity contribution in [3.8, 4) is 17.3 Å². The first-order chi connectivity index (χ1) is 9.15. The van der Waals surface area contributed by atoms with Crippen LogP contribution in [0.25, 0.3) is 22.4 Å². The second kappa shape index (κ2) is 4.24. The summed E-state index contributed by atoms with van der Waals surface area (Å²) in [5.74, 6) is 0.586. The van der Waals surface area contributed by atoms with Gasteiger partial charge in [-0.05, 0) is 24.3 Å². The summed E-state index contributed by atoms with van der Waals surface area (Å²) in [7, 11) is 1.49. The number of nitrogen functional groups attached to an aromatic ring is 1. The second-order valence-corrected chi connectivity index (χ2v) is 3.95. The Morgan fingerprint density at radius 1 is 1.21 bits per heavy atom. The lowest BCUT2D eigenvalue weighted by Crippen LogP contribution is -1.98. The first-order valence-electron chi connectivity index (χ1n) is 5.54. The van der Waals surface area contributed by atoms with Gasteiger partial charge in [0.25, 0.3) is 0 Å². The fraction of sp³-hybridized carbons (Fsp3) is 0.0769. The van der Waals surface area contributed by atoms with E-state index < -0.39 is 0 Å². The maximum Gasteiger partial charge on any atom is 0.223 e. The summed E-state index contributed by atoms with van der Waals surface area (Å²) >= 11 is 0. The number of furan rings is 1. The van der Waals surface area contributed by atoms with Crippen LogP contribution in [0.15, 0.2) is 34.7 Å². The summed E-state index contributed by atoms with van der Waals surface area (Å²) in [6.07, 6.45) is 0. The smallest absolute Gasteiger partial charge is 0.223 e. The van der Waals surface area contributed by atoms with Crippen LogP contribution in [0.4, 0.5) is 10.3 Å². The molecule has 3 rings (SSSR count). The lowest BCUT2D eigenvalue weighted by molar-refractivity contribution is 0.397. The molecule has 5 nitrogen and oxygen atoms in total.